The van der Waals surface area contributed by atoms with Crippen LogP contribution >= 0.6 is 0 Å². The Labute approximate surface area is 94.8 Å². The molecular weight excluding hydrogens is 207 g/mol. The van der Waals surface area contributed by atoms with Crippen LogP contribution in [0.15, 0.2) is 18.2 Å². The first-order valence-electron chi connectivity index (χ1n) is 5.52. The topological polar surface area (TPSA) is 47.3 Å². The summed E-state index contributed by atoms with van der Waals surface area (Å²) in [5.41, 5.74) is 4.25. The summed E-state index contributed by atoms with van der Waals surface area (Å²) in [6.07, 6.45) is 0.919. The van der Waals surface area contributed by atoms with Crippen LogP contribution in [0.4, 0.5) is 4.39 Å². The van der Waals surface area contributed by atoms with E-state index in [2.05, 4.69) is 5.43 Å². The number of halogens is 1. The number of hydrogen-bond acceptors (Lipinski definition) is 3. The molecule has 1 aromatic rings. The number of aryl methyl sites for hydroxylation is 1. The fraction of sp³-hybridized carbons (Fsp3) is 0.500. The molecule has 0 saturated carbocycles. The van der Waals surface area contributed by atoms with Crippen molar-refractivity contribution < 1.29 is 9.13 Å². The van der Waals surface area contributed by atoms with Gasteiger partial charge in [0.15, 0.2) is 0 Å². The van der Waals surface area contributed by atoms with Gasteiger partial charge in [-0.25, -0.2) is 4.39 Å². The minimum Gasteiger partial charge on any atom is -0.381 e. The van der Waals surface area contributed by atoms with Crippen molar-refractivity contribution in [3.05, 3.63) is 35.1 Å². The molecule has 0 radical (unpaired) electrons. The number of hydrogen-bond donors (Lipinski definition) is 2. The van der Waals surface area contributed by atoms with Crippen LogP contribution in [0.1, 0.15) is 23.6 Å². The molecule has 0 spiro atoms. The molecule has 2 unspecified atom stereocenters. The van der Waals surface area contributed by atoms with Crippen LogP contribution in [0.5, 0.6) is 0 Å². The van der Waals surface area contributed by atoms with Gasteiger partial charge in [0.1, 0.15) is 5.82 Å². The zero-order chi connectivity index (χ0) is 11.5. The first-order chi connectivity index (χ1) is 7.72. The monoisotopic (exact) mass is 224 g/mol. The quantitative estimate of drug-likeness (QED) is 0.606. The second-order valence-electron chi connectivity index (χ2n) is 4.29. The third-order valence-corrected chi connectivity index (χ3v) is 3.11. The zero-order valence-corrected chi connectivity index (χ0v) is 9.37. The van der Waals surface area contributed by atoms with Crippen molar-refractivity contribution in [1.82, 2.24) is 5.43 Å². The molecule has 1 aliphatic rings. The highest BCUT2D eigenvalue weighted by atomic mass is 19.1. The number of nitrogens with two attached hydrogens (primary N) is 1. The summed E-state index contributed by atoms with van der Waals surface area (Å²) in [5.74, 6) is 5.57. The standard InChI is InChI=1S/C12H17FN2O/c1-8-2-3-10(11(13)6-8)12(15-14)9-4-5-16-7-9/h2-3,6,9,12,15H,4-5,7,14H2,1H3. The van der Waals surface area contributed by atoms with Gasteiger partial charge in [-0.15, -0.1) is 0 Å². The Balaban J connectivity index is 2.25. The Kier molecular flexibility index (Phi) is 3.53. The SMILES string of the molecule is Cc1ccc(C(NN)C2CCOC2)c(F)c1. The largest absolute Gasteiger partial charge is 0.381 e. The number of ether oxygens (including phenoxy) is 1. The first kappa shape index (κ1) is 11.5. The predicted octanol–water partition coefficient (Wildman–Crippen LogP) is 1.68. The van der Waals surface area contributed by atoms with E-state index in [0.29, 0.717) is 12.2 Å². The molecule has 1 heterocycles. The van der Waals surface area contributed by atoms with E-state index < -0.39 is 0 Å². The average molecular weight is 224 g/mol. The van der Waals surface area contributed by atoms with E-state index in [1.165, 1.54) is 6.07 Å². The van der Waals surface area contributed by atoms with Crippen molar-refractivity contribution in [1.29, 1.82) is 0 Å². The highest BCUT2D eigenvalue weighted by molar-refractivity contribution is 5.26. The minimum absolute atomic E-state index is 0.164. The van der Waals surface area contributed by atoms with Crippen molar-refractivity contribution in [3.63, 3.8) is 0 Å². The van der Waals surface area contributed by atoms with Gasteiger partial charge in [-0.05, 0) is 25.0 Å². The molecule has 16 heavy (non-hydrogen) atoms. The maximum atomic E-state index is 13.8. The Morgan fingerprint density at radius 3 is 2.94 bits per heavy atom. The van der Waals surface area contributed by atoms with Gasteiger partial charge in [0.05, 0.1) is 12.6 Å². The second kappa shape index (κ2) is 4.91. The number of hydrazine groups is 1. The number of benzene rings is 1. The van der Waals surface area contributed by atoms with Crippen molar-refractivity contribution >= 4 is 0 Å². The van der Waals surface area contributed by atoms with E-state index >= 15 is 0 Å². The van der Waals surface area contributed by atoms with E-state index in [1.807, 2.05) is 13.0 Å². The van der Waals surface area contributed by atoms with Gasteiger partial charge >= 0.3 is 0 Å². The summed E-state index contributed by atoms with van der Waals surface area (Å²) in [4.78, 5) is 0. The summed E-state index contributed by atoms with van der Waals surface area (Å²) in [5, 5.41) is 0. The lowest BCUT2D eigenvalue weighted by molar-refractivity contribution is 0.176. The lowest BCUT2D eigenvalue weighted by atomic mass is 9.92. The Morgan fingerprint density at radius 1 is 1.56 bits per heavy atom. The lowest BCUT2D eigenvalue weighted by Crippen LogP contribution is -2.34. The lowest BCUT2D eigenvalue weighted by Gasteiger charge is -2.22. The van der Waals surface area contributed by atoms with Crippen LogP contribution in [0.25, 0.3) is 0 Å². The molecule has 88 valence electrons. The average Bonchev–Trinajstić information content (AvgIpc) is 2.75. The molecule has 2 rings (SSSR count). The number of rotatable bonds is 3. The summed E-state index contributed by atoms with van der Waals surface area (Å²) >= 11 is 0. The van der Waals surface area contributed by atoms with Crippen LogP contribution in [-0.4, -0.2) is 13.2 Å². The Bertz CT molecular complexity index is 364. The molecule has 4 heteroatoms. The summed E-state index contributed by atoms with van der Waals surface area (Å²) in [6.45, 7) is 3.24. The van der Waals surface area contributed by atoms with Crippen molar-refractivity contribution in [3.8, 4) is 0 Å². The minimum atomic E-state index is -0.199. The fourth-order valence-electron chi connectivity index (χ4n) is 2.18. The van der Waals surface area contributed by atoms with Gasteiger partial charge in [-0.2, -0.15) is 0 Å². The molecule has 2 atom stereocenters. The second-order valence-corrected chi connectivity index (χ2v) is 4.29. The fourth-order valence-corrected chi connectivity index (χ4v) is 2.18. The van der Waals surface area contributed by atoms with Gasteiger partial charge in [0.25, 0.3) is 0 Å². The molecule has 1 aliphatic heterocycles. The van der Waals surface area contributed by atoms with Crippen molar-refractivity contribution in [2.75, 3.05) is 13.2 Å². The molecule has 1 fully saturated rings. The predicted molar refractivity (Wildman–Crippen MR) is 60.1 cm³/mol. The Morgan fingerprint density at radius 2 is 2.38 bits per heavy atom. The molecule has 3 N–H and O–H groups in total. The van der Waals surface area contributed by atoms with Crippen LogP contribution in [0.2, 0.25) is 0 Å². The van der Waals surface area contributed by atoms with Gasteiger partial charge in [-0.1, -0.05) is 12.1 Å². The third kappa shape index (κ3) is 2.24. The van der Waals surface area contributed by atoms with Gasteiger partial charge < -0.3 is 4.74 Å². The molecule has 0 bridgehead atoms. The normalized spacial score (nSPS) is 22.3. The molecule has 3 nitrogen and oxygen atoms in total. The molecular formula is C12H17FN2O. The van der Waals surface area contributed by atoms with Gasteiger partial charge in [-0.3, -0.25) is 11.3 Å². The molecule has 0 amide bonds. The molecule has 1 saturated heterocycles. The van der Waals surface area contributed by atoms with E-state index in [0.717, 1.165) is 18.6 Å². The zero-order valence-electron chi connectivity index (χ0n) is 9.37. The van der Waals surface area contributed by atoms with E-state index in [1.54, 1.807) is 6.07 Å². The Hall–Kier alpha value is -0.970. The van der Waals surface area contributed by atoms with Crippen LogP contribution in [0, 0.1) is 18.7 Å². The highest BCUT2D eigenvalue weighted by Gasteiger charge is 2.27. The molecule has 0 aliphatic carbocycles. The maximum absolute atomic E-state index is 13.8. The van der Waals surface area contributed by atoms with E-state index in [-0.39, 0.29) is 17.8 Å². The van der Waals surface area contributed by atoms with Crippen molar-refractivity contribution in [2.24, 2.45) is 11.8 Å². The highest BCUT2D eigenvalue weighted by Crippen LogP contribution is 2.29. The molecule has 0 aromatic heterocycles. The third-order valence-electron chi connectivity index (χ3n) is 3.11. The summed E-state index contributed by atoms with van der Waals surface area (Å²) in [7, 11) is 0. The van der Waals surface area contributed by atoms with Crippen molar-refractivity contribution in [2.45, 2.75) is 19.4 Å². The van der Waals surface area contributed by atoms with E-state index in [9.17, 15) is 4.39 Å². The maximum Gasteiger partial charge on any atom is 0.128 e. The van der Waals surface area contributed by atoms with Gasteiger partial charge in [0.2, 0.25) is 0 Å². The van der Waals surface area contributed by atoms with E-state index in [4.69, 9.17) is 10.6 Å². The van der Waals surface area contributed by atoms with Gasteiger partial charge in [0, 0.05) is 18.1 Å². The first-order valence-corrected chi connectivity index (χ1v) is 5.52. The van der Waals surface area contributed by atoms with Crippen LogP contribution < -0.4 is 11.3 Å². The molecule has 1 aromatic carbocycles. The van der Waals surface area contributed by atoms with Crippen LogP contribution in [-0.2, 0) is 4.74 Å². The smallest absolute Gasteiger partial charge is 0.128 e. The summed E-state index contributed by atoms with van der Waals surface area (Å²) in [6, 6.07) is 5.07. The van der Waals surface area contributed by atoms with Crippen LogP contribution in [0.3, 0.4) is 0 Å². The number of nitrogens with one attached hydrogen (secondary N) is 1. The summed E-state index contributed by atoms with van der Waals surface area (Å²) < 4.78 is 19.1.